The van der Waals surface area contributed by atoms with Gasteiger partial charge in [0.2, 0.25) is 0 Å². The average molecular weight is 338 g/mol. The van der Waals surface area contributed by atoms with E-state index in [9.17, 15) is 9.00 Å². The first-order chi connectivity index (χ1) is 10.9. The summed E-state index contributed by atoms with van der Waals surface area (Å²) < 4.78 is 22.1. The molecule has 0 saturated carbocycles. The highest BCUT2D eigenvalue weighted by Crippen LogP contribution is 2.31. The molecule has 2 aromatic rings. The molecule has 1 aromatic heterocycles. The summed E-state index contributed by atoms with van der Waals surface area (Å²) in [5, 5.41) is 6.48. The van der Waals surface area contributed by atoms with Crippen LogP contribution in [-0.4, -0.2) is 35.9 Å². The zero-order valence-corrected chi connectivity index (χ0v) is 14.6. The van der Waals surface area contributed by atoms with Crippen LogP contribution in [0.15, 0.2) is 22.6 Å². The molecule has 126 valence electrons. The van der Waals surface area contributed by atoms with E-state index in [2.05, 4.69) is 10.6 Å². The number of ether oxygens (including phenoxy) is 1. The van der Waals surface area contributed by atoms with Gasteiger partial charge in [-0.15, -0.1) is 0 Å². The highest BCUT2D eigenvalue weighted by molar-refractivity contribution is 7.84. The summed E-state index contributed by atoms with van der Waals surface area (Å²) in [5.74, 6) is 1.91. The van der Waals surface area contributed by atoms with Crippen molar-refractivity contribution in [3.05, 3.63) is 29.5 Å². The van der Waals surface area contributed by atoms with Crippen LogP contribution < -0.4 is 15.4 Å². The molecule has 0 aliphatic rings. The molecule has 2 rings (SSSR count). The molecule has 2 amide bonds. The number of amides is 2. The maximum Gasteiger partial charge on any atom is 0.315 e. The molecule has 1 heterocycles. The van der Waals surface area contributed by atoms with Gasteiger partial charge in [0.05, 0.1) is 13.2 Å². The second-order valence-electron chi connectivity index (χ2n) is 5.35. The minimum atomic E-state index is -0.921. The van der Waals surface area contributed by atoms with Crippen molar-refractivity contribution in [2.24, 2.45) is 0 Å². The first-order valence-corrected chi connectivity index (χ1v) is 9.06. The molecule has 0 fully saturated rings. The van der Waals surface area contributed by atoms with E-state index >= 15 is 0 Å². The van der Waals surface area contributed by atoms with Crippen LogP contribution in [0, 0.1) is 6.92 Å². The van der Waals surface area contributed by atoms with Gasteiger partial charge < -0.3 is 19.8 Å². The van der Waals surface area contributed by atoms with Gasteiger partial charge in [0.15, 0.2) is 0 Å². The summed E-state index contributed by atoms with van der Waals surface area (Å²) in [4.78, 5) is 11.9. The van der Waals surface area contributed by atoms with Crippen molar-refractivity contribution < 1.29 is 18.2 Å². The zero-order chi connectivity index (χ0) is 17.0. The molecule has 2 atom stereocenters. The lowest BCUT2D eigenvalue weighted by molar-refractivity contribution is 0.237. The monoisotopic (exact) mass is 338 g/mol. The third-order valence-corrected chi connectivity index (χ3v) is 4.38. The van der Waals surface area contributed by atoms with Crippen molar-refractivity contribution in [1.82, 2.24) is 10.6 Å². The normalized spacial score (nSPS) is 13.6. The number of carbonyl (C=O) groups is 1. The lowest BCUT2D eigenvalue weighted by Crippen LogP contribution is -2.38. The van der Waals surface area contributed by atoms with Crippen LogP contribution in [0.5, 0.6) is 5.75 Å². The van der Waals surface area contributed by atoms with Crippen LogP contribution in [-0.2, 0) is 10.8 Å². The van der Waals surface area contributed by atoms with E-state index in [1.807, 2.05) is 32.0 Å². The number of methoxy groups -OCH3 is 1. The predicted octanol–water partition coefficient (Wildman–Crippen LogP) is 2.49. The second-order valence-corrected chi connectivity index (χ2v) is 6.91. The third-order valence-electron chi connectivity index (χ3n) is 3.60. The molecule has 0 bridgehead atoms. The first-order valence-electron chi connectivity index (χ1n) is 7.33. The Morgan fingerprint density at radius 1 is 1.43 bits per heavy atom. The molecule has 6 nitrogen and oxygen atoms in total. The smallest absolute Gasteiger partial charge is 0.315 e. The largest absolute Gasteiger partial charge is 0.497 e. The van der Waals surface area contributed by atoms with Crippen LogP contribution in [0.1, 0.15) is 24.3 Å². The van der Waals surface area contributed by atoms with Crippen molar-refractivity contribution in [2.75, 3.05) is 25.7 Å². The third kappa shape index (κ3) is 4.25. The van der Waals surface area contributed by atoms with E-state index in [1.54, 1.807) is 13.4 Å². The zero-order valence-electron chi connectivity index (χ0n) is 13.8. The van der Waals surface area contributed by atoms with Crippen molar-refractivity contribution in [2.45, 2.75) is 19.9 Å². The fourth-order valence-corrected chi connectivity index (χ4v) is 2.77. The number of furan rings is 1. The Kier molecular flexibility index (Phi) is 5.65. The molecule has 7 heteroatoms. The molecule has 0 aliphatic carbocycles. The van der Waals surface area contributed by atoms with Crippen molar-refractivity contribution >= 4 is 27.8 Å². The number of hydrogen-bond acceptors (Lipinski definition) is 4. The topological polar surface area (TPSA) is 80.6 Å². The minimum Gasteiger partial charge on any atom is -0.497 e. The standard InChI is InChI=1S/C16H22N2O4S/c1-10-13-9-12(21-3)5-6-14(13)22-15(10)11(2)18-16(19)17-7-8-23(4)20/h5-6,9,11H,7-8H2,1-4H3,(H2,17,18,19)/t11-,23+/m0/s1. The summed E-state index contributed by atoms with van der Waals surface area (Å²) >= 11 is 0. The van der Waals surface area contributed by atoms with Gasteiger partial charge in [0.1, 0.15) is 17.1 Å². The van der Waals surface area contributed by atoms with Crippen molar-refractivity contribution in [3.8, 4) is 5.75 Å². The van der Waals surface area contributed by atoms with Crippen LogP contribution in [0.4, 0.5) is 4.79 Å². The number of aryl methyl sites for hydroxylation is 1. The molecule has 0 saturated heterocycles. The van der Waals surface area contributed by atoms with Gasteiger partial charge in [-0.05, 0) is 32.0 Å². The molecule has 2 N–H and O–H groups in total. The van der Waals surface area contributed by atoms with Gasteiger partial charge in [-0.2, -0.15) is 0 Å². The summed E-state index contributed by atoms with van der Waals surface area (Å²) in [6, 6.07) is 5.03. The molecule has 0 aliphatic heterocycles. The van der Waals surface area contributed by atoms with E-state index in [0.29, 0.717) is 18.1 Å². The molecular weight excluding hydrogens is 316 g/mol. The van der Waals surface area contributed by atoms with Crippen molar-refractivity contribution in [1.29, 1.82) is 0 Å². The van der Waals surface area contributed by atoms with E-state index in [-0.39, 0.29) is 12.1 Å². The van der Waals surface area contributed by atoms with Gasteiger partial charge in [0.25, 0.3) is 0 Å². The average Bonchev–Trinajstić information content (AvgIpc) is 2.83. The van der Waals surface area contributed by atoms with Crippen LogP contribution >= 0.6 is 0 Å². The Hall–Kier alpha value is -2.02. The van der Waals surface area contributed by atoms with E-state index in [4.69, 9.17) is 9.15 Å². The Morgan fingerprint density at radius 3 is 2.83 bits per heavy atom. The van der Waals surface area contributed by atoms with Crippen LogP contribution in [0.3, 0.4) is 0 Å². The Balaban J connectivity index is 2.08. The maximum atomic E-state index is 11.9. The maximum absolute atomic E-state index is 11.9. The summed E-state index contributed by atoms with van der Waals surface area (Å²) in [5.41, 5.74) is 1.73. The Bertz CT molecular complexity index is 726. The summed E-state index contributed by atoms with van der Waals surface area (Å²) in [6.07, 6.45) is 1.61. The SMILES string of the molecule is COc1ccc2oc([C@H](C)NC(=O)NCC[S@@](C)=O)c(C)c2c1. The molecular formula is C16H22N2O4S. The number of hydrogen-bond donors (Lipinski definition) is 2. The summed E-state index contributed by atoms with van der Waals surface area (Å²) in [7, 11) is 0.699. The lowest BCUT2D eigenvalue weighted by Gasteiger charge is -2.13. The van der Waals surface area contributed by atoms with Gasteiger partial charge in [-0.1, -0.05) is 0 Å². The van der Waals surface area contributed by atoms with E-state index in [0.717, 1.165) is 22.3 Å². The van der Waals surface area contributed by atoms with E-state index in [1.165, 1.54) is 0 Å². The van der Waals surface area contributed by atoms with Gasteiger partial charge in [0, 0.05) is 40.3 Å². The fourth-order valence-electron chi connectivity index (χ4n) is 2.38. The quantitative estimate of drug-likeness (QED) is 0.848. The molecule has 0 radical (unpaired) electrons. The highest BCUT2D eigenvalue weighted by atomic mass is 32.2. The van der Waals surface area contributed by atoms with E-state index < -0.39 is 10.8 Å². The van der Waals surface area contributed by atoms with Gasteiger partial charge >= 0.3 is 6.03 Å². The van der Waals surface area contributed by atoms with Crippen LogP contribution in [0.2, 0.25) is 0 Å². The second kappa shape index (κ2) is 7.50. The minimum absolute atomic E-state index is 0.277. The highest BCUT2D eigenvalue weighted by Gasteiger charge is 2.18. The van der Waals surface area contributed by atoms with Crippen molar-refractivity contribution in [3.63, 3.8) is 0 Å². The van der Waals surface area contributed by atoms with Gasteiger partial charge in [-0.3, -0.25) is 4.21 Å². The number of carbonyl (C=O) groups excluding carboxylic acids is 1. The molecule has 1 aromatic carbocycles. The van der Waals surface area contributed by atoms with Gasteiger partial charge in [-0.25, -0.2) is 4.79 Å². The molecule has 23 heavy (non-hydrogen) atoms. The van der Waals surface area contributed by atoms with Crippen LogP contribution in [0.25, 0.3) is 11.0 Å². The Morgan fingerprint density at radius 2 is 2.17 bits per heavy atom. The number of nitrogens with one attached hydrogen (secondary N) is 2. The number of urea groups is 1. The number of fused-ring (bicyclic) bond motifs is 1. The number of rotatable bonds is 6. The first kappa shape index (κ1) is 17.3. The fraction of sp³-hybridized carbons (Fsp3) is 0.438. The lowest BCUT2D eigenvalue weighted by atomic mass is 10.1. The molecule has 0 unspecified atom stereocenters. The molecule has 0 spiro atoms. The Labute approximate surface area is 138 Å². The number of benzene rings is 1. The predicted molar refractivity (Wildman–Crippen MR) is 91.4 cm³/mol. The summed E-state index contributed by atoms with van der Waals surface area (Å²) in [6.45, 7) is 4.19.